The Morgan fingerprint density at radius 1 is 1.04 bits per heavy atom. The van der Waals surface area contributed by atoms with Gasteiger partial charge in [-0.2, -0.15) is 0 Å². The summed E-state index contributed by atoms with van der Waals surface area (Å²) in [6.45, 7) is 8.82. The van der Waals surface area contributed by atoms with Gasteiger partial charge in [-0.1, -0.05) is 27.2 Å². The first kappa shape index (κ1) is 19.7. The van der Waals surface area contributed by atoms with Crippen molar-refractivity contribution < 1.29 is 14.3 Å². The summed E-state index contributed by atoms with van der Waals surface area (Å²) in [7, 11) is 0. The third kappa shape index (κ3) is 4.61. The second-order valence-electron chi connectivity index (χ2n) is 10.2. The van der Waals surface area contributed by atoms with Gasteiger partial charge in [0.1, 0.15) is 0 Å². The maximum atomic E-state index is 12.3. The first-order chi connectivity index (χ1) is 12.2. The average molecular weight is 364 g/mol. The van der Waals surface area contributed by atoms with Gasteiger partial charge in [0.05, 0.1) is 5.92 Å². The van der Waals surface area contributed by atoms with Gasteiger partial charge in [0, 0.05) is 6.04 Å². The standard InChI is InChI=1S/C22H37NO3/c1-14(19-12-15-5-6-17(19)11-15)23-20(24)13-26-21(25)16-7-9-18(10-8-16)22(2,3)4/h14-19H,5-13H2,1-4H3,(H,23,24). The molecule has 3 aliphatic rings. The zero-order valence-electron chi connectivity index (χ0n) is 17.1. The van der Waals surface area contributed by atoms with E-state index in [4.69, 9.17) is 4.74 Å². The zero-order valence-corrected chi connectivity index (χ0v) is 17.1. The predicted molar refractivity (Wildman–Crippen MR) is 102 cm³/mol. The van der Waals surface area contributed by atoms with E-state index in [2.05, 4.69) is 33.0 Å². The molecule has 0 heterocycles. The molecule has 0 aromatic rings. The van der Waals surface area contributed by atoms with Crippen LogP contribution in [0.3, 0.4) is 0 Å². The Kier molecular flexibility index (Phi) is 5.98. The summed E-state index contributed by atoms with van der Waals surface area (Å²) in [5.41, 5.74) is 0.310. The lowest BCUT2D eigenvalue weighted by atomic mass is 9.70. The Morgan fingerprint density at radius 3 is 2.27 bits per heavy atom. The van der Waals surface area contributed by atoms with Gasteiger partial charge >= 0.3 is 5.97 Å². The Balaban J connectivity index is 1.36. The molecule has 0 aliphatic heterocycles. The summed E-state index contributed by atoms with van der Waals surface area (Å²) in [5, 5.41) is 3.08. The number of esters is 1. The fourth-order valence-electron chi connectivity index (χ4n) is 5.76. The molecule has 4 nitrogen and oxygen atoms in total. The van der Waals surface area contributed by atoms with Crippen LogP contribution in [-0.4, -0.2) is 24.5 Å². The van der Waals surface area contributed by atoms with E-state index in [9.17, 15) is 9.59 Å². The molecule has 0 aromatic carbocycles. The molecule has 0 radical (unpaired) electrons. The molecule has 0 aromatic heterocycles. The number of carbonyl (C=O) groups excluding carboxylic acids is 2. The molecule has 1 N–H and O–H groups in total. The Bertz CT molecular complexity index is 516. The minimum Gasteiger partial charge on any atom is -0.455 e. The smallest absolute Gasteiger partial charge is 0.309 e. The van der Waals surface area contributed by atoms with E-state index < -0.39 is 0 Å². The van der Waals surface area contributed by atoms with Gasteiger partial charge in [-0.05, 0) is 81.0 Å². The molecule has 0 spiro atoms. The monoisotopic (exact) mass is 363 g/mol. The van der Waals surface area contributed by atoms with E-state index in [1.54, 1.807) is 0 Å². The molecule has 4 unspecified atom stereocenters. The molecule has 1 amide bonds. The molecule has 26 heavy (non-hydrogen) atoms. The summed E-state index contributed by atoms with van der Waals surface area (Å²) < 4.78 is 5.34. The molecule has 3 rings (SSSR count). The first-order valence-electron chi connectivity index (χ1n) is 10.7. The average Bonchev–Trinajstić information content (AvgIpc) is 3.22. The van der Waals surface area contributed by atoms with Crippen LogP contribution in [0.1, 0.15) is 79.1 Å². The highest BCUT2D eigenvalue weighted by atomic mass is 16.5. The van der Waals surface area contributed by atoms with E-state index in [-0.39, 0.29) is 30.4 Å². The molecule has 3 saturated carbocycles. The van der Waals surface area contributed by atoms with Gasteiger partial charge in [-0.3, -0.25) is 9.59 Å². The second kappa shape index (κ2) is 7.90. The summed E-state index contributed by atoms with van der Waals surface area (Å²) in [6.07, 6.45) is 9.24. The minimum atomic E-state index is -0.180. The number of carbonyl (C=O) groups is 2. The summed E-state index contributed by atoms with van der Waals surface area (Å²) in [4.78, 5) is 24.5. The molecule has 2 bridgehead atoms. The number of hydrogen-bond acceptors (Lipinski definition) is 3. The lowest BCUT2D eigenvalue weighted by molar-refractivity contribution is -0.154. The van der Waals surface area contributed by atoms with Crippen molar-refractivity contribution in [1.29, 1.82) is 0 Å². The van der Waals surface area contributed by atoms with Crippen molar-refractivity contribution in [2.45, 2.75) is 85.1 Å². The van der Waals surface area contributed by atoms with E-state index in [1.165, 1.54) is 25.7 Å². The third-order valence-corrected chi connectivity index (χ3v) is 7.45. The molecule has 4 heteroatoms. The highest BCUT2D eigenvalue weighted by molar-refractivity contribution is 5.81. The van der Waals surface area contributed by atoms with Crippen LogP contribution >= 0.6 is 0 Å². The van der Waals surface area contributed by atoms with Crippen molar-refractivity contribution in [2.75, 3.05) is 6.61 Å². The molecule has 148 valence electrons. The lowest BCUT2D eigenvalue weighted by Crippen LogP contribution is -2.42. The summed E-state index contributed by atoms with van der Waals surface area (Å²) >= 11 is 0. The van der Waals surface area contributed by atoms with E-state index in [0.29, 0.717) is 17.3 Å². The number of hydrogen-bond donors (Lipinski definition) is 1. The maximum Gasteiger partial charge on any atom is 0.309 e. The van der Waals surface area contributed by atoms with Crippen LogP contribution < -0.4 is 5.32 Å². The van der Waals surface area contributed by atoms with Crippen molar-refractivity contribution in [2.24, 2.45) is 35.0 Å². The van der Waals surface area contributed by atoms with Crippen LogP contribution in [0.2, 0.25) is 0 Å². The van der Waals surface area contributed by atoms with Gasteiger partial charge < -0.3 is 10.1 Å². The lowest BCUT2D eigenvalue weighted by Gasteiger charge is -2.36. The molecule has 3 aliphatic carbocycles. The van der Waals surface area contributed by atoms with Crippen LogP contribution in [0.5, 0.6) is 0 Å². The number of rotatable bonds is 5. The van der Waals surface area contributed by atoms with Crippen molar-refractivity contribution in [1.82, 2.24) is 5.32 Å². The Hall–Kier alpha value is -1.06. The highest BCUT2D eigenvalue weighted by Gasteiger charge is 2.42. The largest absolute Gasteiger partial charge is 0.455 e. The Morgan fingerprint density at radius 2 is 1.73 bits per heavy atom. The molecular weight excluding hydrogens is 326 g/mol. The van der Waals surface area contributed by atoms with E-state index in [1.807, 2.05) is 0 Å². The fourth-order valence-corrected chi connectivity index (χ4v) is 5.76. The van der Waals surface area contributed by atoms with Gasteiger partial charge in [0.15, 0.2) is 6.61 Å². The summed E-state index contributed by atoms with van der Waals surface area (Å²) in [5.74, 6) is 2.61. The van der Waals surface area contributed by atoms with Crippen molar-refractivity contribution in [3.05, 3.63) is 0 Å². The maximum absolute atomic E-state index is 12.3. The summed E-state index contributed by atoms with van der Waals surface area (Å²) in [6, 6.07) is 0.193. The van der Waals surface area contributed by atoms with E-state index >= 15 is 0 Å². The van der Waals surface area contributed by atoms with E-state index in [0.717, 1.165) is 37.5 Å². The Labute approximate surface area is 158 Å². The van der Waals surface area contributed by atoms with Crippen LogP contribution in [-0.2, 0) is 14.3 Å². The minimum absolute atomic E-state index is 0.0237. The van der Waals surface area contributed by atoms with Gasteiger partial charge in [0.2, 0.25) is 0 Å². The van der Waals surface area contributed by atoms with Crippen LogP contribution in [0.4, 0.5) is 0 Å². The molecule has 0 saturated heterocycles. The molecule has 3 fully saturated rings. The number of nitrogens with one attached hydrogen (secondary N) is 1. The van der Waals surface area contributed by atoms with Gasteiger partial charge in [-0.25, -0.2) is 0 Å². The molecular formula is C22H37NO3. The zero-order chi connectivity index (χ0) is 18.9. The third-order valence-electron chi connectivity index (χ3n) is 7.45. The second-order valence-corrected chi connectivity index (χ2v) is 10.2. The van der Waals surface area contributed by atoms with Crippen molar-refractivity contribution >= 4 is 11.9 Å². The molecule has 4 atom stereocenters. The quantitative estimate of drug-likeness (QED) is 0.740. The fraction of sp³-hybridized carbons (Fsp3) is 0.909. The van der Waals surface area contributed by atoms with Gasteiger partial charge in [0.25, 0.3) is 5.91 Å². The predicted octanol–water partition coefficient (Wildman–Crippen LogP) is 4.32. The SMILES string of the molecule is CC(NC(=O)COC(=O)C1CCC(C(C)(C)C)CC1)C1CC2CCC1C2. The topological polar surface area (TPSA) is 55.4 Å². The normalized spacial score (nSPS) is 35.2. The van der Waals surface area contributed by atoms with Gasteiger partial charge in [-0.15, -0.1) is 0 Å². The number of fused-ring (bicyclic) bond motifs is 2. The van der Waals surface area contributed by atoms with Crippen molar-refractivity contribution in [3.8, 4) is 0 Å². The first-order valence-corrected chi connectivity index (χ1v) is 10.7. The van der Waals surface area contributed by atoms with Crippen LogP contribution in [0, 0.1) is 35.0 Å². The number of ether oxygens (including phenoxy) is 1. The number of amides is 1. The van der Waals surface area contributed by atoms with Crippen LogP contribution in [0.15, 0.2) is 0 Å². The highest BCUT2D eigenvalue weighted by Crippen LogP contribution is 2.49. The van der Waals surface area contributed by atoms with Crippen molar-refractivity contribution in [3.63, 3.8) is 0 Å². The van der Waals surface area contributed by atoms with Crippen LogP contribution in [0.25, 0.3) is 0 Å².